The van der Waals surface area contributed by atoms with Crippen LogP contribution in [0.3, 0.4) is 0 Å². The molecule has 0 saturated carbocycles. The molecule has 3 N–H and O–H groups in total. The third-order valence-corrected chi connectivity index (χ3v) is 7.05. The van der Waals surface area contributed by atoms with Crippen molar-refractivity contribution in [2.24, 2.45) is 0 Å². The van der Waals surface area contributed by atoms with Crippen LogP contribution < -0.4 is 4.90 Å². The Morgan fingerprint density at radius 1 is 1.14 bits per heavy atom. The molecular weight excluding hydrogens is 555 g/mol. The standard InChI is InChI=1S/C26H35FN6O.C4H4O4.CH4/c1-18(2)33-17-21(16-29-33)26-19(3)15-28-25(30-26)14-20-5-6-24(23(27)13-20)32-9-7-22(8-10-32)31(4)11-12-34;5-3(6)1-2-4(7)8;/h5-6,13,15-18,22,34H,7-12,14H2,1-4H3;1-2H,(H,5,6)(H,7,8);1H4/b;2-1-;. The highest BCUT2D eigenvalue weighted by atomic mass is 19.1. The number of carboxylic acids is 2. The zero-order valence-corrected chi connectivity index (χ0v) is 24.4. The molecule has 0 amide bonds. The molecule has 1 aliphatic heterocycles. The average molecular weight is 599 g/mol. The number of aryl methyl sites for hydroxylation is 1. The zero-order chi connectivity index (χ0) is 30.8. The lowest BCUT2D eigenvalue weighted by Gasteiger charge is -2.37. The van der Waals surface area contributed by atoms with Gasteiger partial charge in [-0.05, 0) is 63.9 Å². The van der Waals surface area contributed by atoms with Crippen molar-refractivity contribution in [1.29, 1.82) is 0 Å². The Hall–Kier alpha value is -4.16. The number of aliphatic hydroxyl groups excluding tert-OH is 1. The van der Waals surface area contributed by atoms with Gasteiger partial charge in [-0.2, -0.15) is 5.10 Å². The van der Waals surface area contributed by atoms with Gasteiger partial charge in [0.05, 0.1) is 24.2 Å². The number of rotatable bonds is 10. The second-order valence-corrected chi connectivity index (χ2v) is 10.5. The van der Waals surface area contributed by atoms with Crippen molar-refractivity contribution >= 4 is 17.6 Å². The van der Waals surface area contributed by atoms with E-state index in [9.17, 15) is 9.59 Å². The molecule has 0 aliphatic carbocycles. The van der Waals surface area contributed by atoms with Crippen LogP contribution in [-0.2, 0) is 16.0 Å². The number of hydrogen-bond acceptors (Lipinski definition) is 8. The number of carboxylic acid groups (broad SMARTS) is 2. The van der Waals surface area contributed by atoms with Gasteiger partial charge < -0.3 is 25.1 Å². The molecule has 0 radical (unpaired) electrons. The van der Waals surface area contributed by atoms with E-state index in [1.165, 1.54) is 0 Å². The summed E-state index contributed by atoms with van der Waals surface area (Å²) in [5, 5.41) is 29.2. The molecule has 0 unspecified atom stereocenters. The first kappa shape index (κ1) is 35.0. The predicted octanol–water partition coefficient (Wildman–Crippen LogP) is 4.20. The second-order valence-electron chi connectivity index (χ2n) is 10.5. The van der Waals surface area contributed by atoms with Crippen LogP contribution in [0.2, 0.25) is 0 Å². The molecule has 1 fully saturated rings. The number of halogens is 1. The number of benzene rings is 1. The van der Waals surface area contributed by atoms with Gasteiger partial charge in [0, 0.05) is 68.2 Å². The Morgan fingerprint density at radius 3 is 2.33 bits per heavy atom. The molecule has 2 aromatic heterocycles. The summed E-state index contributed by atoms with van der Waals surface area (Å²) >= 11 is 0. The van der Waals surface area contributed by atoms with Gasteiger partial charge in [0.25, 0.3) is 0 Å². The summed E-state index contributed by atoms with van der Waals surface area (Å²) in [6.07, 6.45) is 9.17. The average Bonchev–Trinajstić information content (AvgIpc) is 3.44. The minimum absolute atomic E-state index is 0. The summed E-state index contributed by atoms with van der Waals surface area (Å²) in [4.78, 5) is 32.7. The maximum atomic E-state index is 15.1. The highest BCUT2D eigenvalue weighted by molar-refractivity contribution is 5.89. The number of aliphatic hydroxyl groups is 1. The Bertz CT molecular complexity index is 1370. The van der Waals surface area contributed by atoms with Crippen molar-refractivity contribution in [3.63, 3.8) is 0 Å². The maximum absolute atomic E-state index is 15.1. The number of aliphatic carboxylic acids is 2. The smallest absolute Gasteiger partial charge is 0.328 e. The van der Waals surface area contributed by atoms with E-state index in [1.807, 2.05) is 49.4 Å². The van der Waals surface area contributed by atoms with E-state index in [4.69, 9.17) is 20.3 Å². The van der Waals surface area contributed by atoms with Crippen LogP contribution in [0.15, 0.2) is 48.9 Å². The van der Waals surface area contributed by atoms with Crippen molar-refractivity contribution in [3.8, 4) is 11.3 Å². The number of carbonyl (C=O) groups is 2. The van der Waals surface area contributed by atoms with Crippen molar-refractivity contribution in [3.05, 3.63) is 71.7 Å². The molecule has 4 rings (SSSR count). The first-order valence-electron chi connectivity index (χ1n) is 13.8. The Labute approximate surface area is 252 Å². The van der Waals surface area contributed by atoms with Crippen LogP contribution in [0.25, 0.3) is 11.3 Å². The van der Waals surface area contributed by atoms with Gasteiger partial charge in [-0.1, -0.05) is 13.5 Å². The van der Waals surface area contributed by atoms with E-state index >= 15 is 4.39 Å². The first-order valence-corrected chi connectivity index (χ1v) is 13.8. The minimum Gasteiger partial charge on any atom is -0.478 e. The second kappa shape index (κ2) is 16.5. The maximum Gasteiger partial charge on any atom is 0.328 e. The normalized spacial score (nSPS) is 13.6. The summed E-state index contributed by atoms with van der Waals surface area (Å²) in [5.74, 6) is -2.05. The highest BCUT2D eigenvalue weighted by Crippen LogP contribution is 2.27. The van der Waals surface area contributed by atoms with Crippen LogP contribution in [0.5, 0.6) is 0 Å². The number of hydrogen-bond donors (Lipinski definition) is 3. The van der Waals surface area contributed by atoms with Crippen molar-refractivity contribution < 1.29 is 29.3 Å². The molecule has 0 spiro atoms. The molecule has 1 aromatic carbocycles. The van der Waals surface area contributed by atoms with Gasteiger partial charge >= 0.3 is 11.9 Å². The molecule has 12 heteroatoms. The number of likely N-dealkylation sites (N-methyl/N-ethyl adjacent to an activating group) is 1. The highest BCUT2D eigenvalue weighted by Gasteiger charge is 2.24. The van der Waals surface area contributed by atoms with Gasteiger partial charge in [-0.15, -0.1) is 0 Å². The SMILES string of the molecule is C.Cc1cnc(Cc2ccc(N3CCC(N(C)CCO)CC3)c(F)c2)nc1-c1cnn(C(C)C)c1.O=C(O)/C=C\C(=O)O. The summed E-state index contributed by atoms with van der Waals surface area (Å²) in [6.45, 7) is 8.63. The molecule has 1 saturated heterocycles. The number of piperidine rings is 1. The van der Waals surface area contributed by atoms with E-state index in [2.05, 4.69) is 33.7 Å². The van der Waals surface area contributed by atoms with E-state index in [1.54, 1.807) is 6.07 Å². The number of aromatic nitrogens is 4. The molecule has 234 valence electrons. The fraction of sp³-hybridized carbons (Fsp3) is 0.452. The number of anilines is 1. The molecular formula is C31H43FN6O5. The predicted molar refractivity (Wildman–Crippen MR) is 164 cm³/mol. The minimum atomic E-state index is -1.26. The topological polar surface area (TPSA) is 145 Å². The molecule has 3 aromatic rings. The Balaban J connectivity index is 0.000000632. The molecule has 1 aliphatic rings. The number of nitrogens with zero attached hydrogens (tertiary/aromatic N) is 6. The van der Waals surface area contributed by atoms with Gasteiger partial charge in [-0.3, -0.25) is 4.68 Å². The quantitative estimate of drug-likeness (QED) is 0.290. The fourth-order valence-electron chi connectivity index (χ4n) is 4.73. The van der Waals surface area contributed by atoms with Gasteiger partial charge in [0.1, 0.15) is 11.6 Å². The fourth-order valence-corrected chi connectivity index (χ4v) is 4.73. The molecule has 43 heavy (non-hydrogen) atoms. The molecule has 0 bridgehead atoms. The van der Waals surface area contributed by atoms with Crippen LogP contribution in [0, 0.1) is 12.7 Å². The summed E-state index contributed by atoms with van der Waals surface area (Å²) < 4.78 is 17.0. The lowest BCUT2D eigenvalue weighted by Crippen LogP contribution is -2.44. The molecule has 0 atom stereocenters. The third-order valence-electron chi connectivity index (χ3n) is 7.05. The van der Waals surface area contributed by atoms with E-state index < -0.39 is 11.9 Å². The van der Waals surface area contributed by atoms with Gasteiger partial charge in [0.2, 0.25) is 0 Å². The van der Waals surface area contributed by atoms with Crippen molar-refractivity contribution in [2.45, 2.75) is 59.5 Å². The van der Waals surface area contributed by atoms with Crippen LogP contribution in [0.1, 0.15) is 57.1 Å². The summed E-state index contributed by atoms with van der Waals surface area (Å²) in [7, 11) is 2.04. The lowest BCUT2D eigenvalue weighted by atomic mass is 10.0. The van der Waals surface area contributed by atoms with Gasteiger partial charge in [0.15, 0.2) is 0 Å². The molecule has 3 heterocycles. The largest absolute Gasteiger partial charge is 0.478 e. The van der Waals surface area contributed by atoms with Crippen LogP contribution in [-0.4, -0.2) is 91.2 Å². The Morgan fingerprint density at radius 2 is 1.79 bits per heavy atom. The zero-order valence-electron chi connectivity index (χ0n) is 24.4. The summed E-state index contributed by atoms with van der Waals surface area (Å²) in [6, 6.07) is 6.18. The van der Waals surface area contributed by atoms with Gasteiger partial charge in [-0.25, -0.2) is 23.9 Å². The van der Waals surface area contributed by atoms with Crippen LogP contribution in [0.4, 0.5) is 10.1 Å². The molecule has 11 nitrogen and oxygen atoms in total. The lowest BCUT2D eigenvalue weighted by molar-refractivity contribution is -0.134. The monoisotopic (exact) mass is 598 g/mol. The van der Waals surface area contributed by atoms with E-state index in [-0.39, 0.29) is 25.9 Å². The van der Waals surface area contributed by atoms with Crippen molar-refractivity contribution in [1.82, 2.24) is 24.6 Å². The van der Waals surface area contributed by atoms with Crippen molar-refractivity contribution in [2.75, 3.05) is 38.2 Å². The Kier molecular flexibility index (Phi) is 13.4. The van der Waals surface area contributed by atoms with E-state index in [0.29, 0.717) is 42.7 Å². The van der Waals surface area contributed by atoms with Crippen LogP contribution >= 0.6 is 0 Å². The third kappa shape index (κ3) is 10.3. The first-order chi connectivity index (χ1) is 20.0. The van der Waals surface area contributed by atoms with E-state index in [0.717, 1.165) is 48.3 Å². The summed E-state index contributed by atoms with van der Waals surface area (Å²) in [5.41, 5.74) is 4.32.